The van der Waals surface area contributed by atoms with E-state index in [0.717, 1.165) is 116 Å². The maximum Gasteiger partial charge on any atom is 0.166 e. The molecule has 0 amide bonds. The summed E-state index contributed by atoms with van der Waals surface area (Å²) in [5.74, 6) is 2.70. The Balaban J connectivity index is 1.98. The molecule has 3 aliphatic heterocycles. The number of nitrogens with one attached hydrogen (secondary N) is 8. The van der Waals surface area contributed by atoms with E-state index in [9.17, 15) is 0 Å². The molecule has 2 bridgehead atoms. The predicted molar refractivity (Wildman–Crippen MR) is 139 cm³/mol. The number of hydrogen-bond donors (Lipinski definition) is 8. The maximum atomic E-state index is 5.68. The van der Waals surface area contributed by atoms with Crippen molar-refractivity contribution in [3.8, 4) is 12.3 Å². The van der Waals surface area contributed by atoms with Crippen molar-refractivity contribution in [2.24, 2.45) is 5.41 Å². The zero-order valence-corrected chi connectivity index (χ0v) is 20.8. The van der Waals surface area contributed by atoms with Gasteiger partial charge in [0.2, 0.25) is 0 Å². The summed E-state index contributed by atoms with van der Waals surface area (Å²) in [6.45, 7) is 14.3. The highest BCUT2D eigenvalue weighted by Gasteiger charge is 2.31. The molecule has 184 valence electrons. The molecule has 8 N–H and O–H groups in total. The summed E-state index contributed by atoms with van der Waals surface area (Å²) in [6, 6.07) is 0. The highest BCUT2D eigenvalue weighted by Crippen LogP contribution is 2.12. The summed E-state index contributed by atoms with van der Waals surface area (Å²) in [7, 11) is 0. The van der Waals surface area contributed by atoms with Crippen LogP contribution >= 0.6 is 12.2 Å². The molecule has 0 aliphatic carbocycles. The van der Waals surface area contributed by atoms with Crippen molar-refractivity contribution in [1.82, 2.24) is 42.5 Å². The Kier molecular flexibility index (Phi) is 13.4. The molecular weight excluding hydrogens is 420 g/mol. The number of unbranched alkanes of at least 4 members (excludes halogenated alkanes) is 3. The van der Waals surface area contributed by atoms with Gasteiger partial charge in [0.25, 0.3) is 0 Å². The SMILES string of the molecule is C#CCCCCCNC(=S)NC12CNCCNCC(C)(CNCCNC1)CNCCNC2. The Morgan fingerprint density at radius 2 is 1.25 bits per heavy atom. The van der Waals surface area contributed by atoms with Gasteiger partial charge in [-0.3, -0.25) is 0 Å². The highest BCUT2D eigenvalue weighted by molar-refractivity contribution is 7.80. The molecule has 3 aliphatic rings. The normalized spacial score (nSPS) is 28.8. The van der Waals surface area contributed by atoms with E-state index in [4.69, 9.17) is 18.6 Å². The van der Waals surface area contributed by atoms with Gasteiger partial charge in [-0.25, -0.2) is 0 Å². The molecule has 0 unspecified atom stereocenters. The minimum Gasteiger partial charge on any atom is -0.363 e. The summed E-state index contributed by atoms with van der Waals surface area (Å²) in [5, 5.41) is 29.7. The van der Waals surface area contributed by atoms with Crippen LogP contribution in [0.3, 0.4) is 0 Å². The van der Waals surface area contributed by atoms with E-state index in [0.29, 0.717) is 0 Å². The number of rotatable bonds is 6. The molecule has 8 nitrogen and oxygen atoms in total. The Morgan fingerprint density at radius 1 is 0.781 bits per heavy atom. The van der Waals surface area contributed by atoms with Crippen LogP contribution in [0.15, 0.2) is 0 Å². The first-order chi connectivity index (χ1) is 15.6. The molecule has 0 atom stereocenters. The largest absolute Gasteiger partial charge is 0.363 e. The van der Waals surface area contributed by atoms with Gasteiger partial charge >= 0.3 is 0 Å². The van der Waals surface area contributed by atoms with E-state index in [-0.39, 0.29) is 11.0 Å². The fraction of sp³-hybridized carbons (Fsp3) is 0.870. The van der Waals surface area contributed by atoms with Gasteiger partial charge in [-0.05, 0) is 25.1 Å². The summed E-state index contributed by atoms with van der Waals surface area (Å²) in [6.07, 6.45) is 9.47. The van der Waals surface area contributed by atoms with Crippen molar-refractivity contribution in [3.05, 3.63) is 0 Å². The second kappa shape index (κ2) is 15.8. The van der Waals surface area contributed by atoms with Crippen LogP contribution in [-0.2, 0) is 0 Å². The molecule has 0 aromatic carbocycles. The van der Waals surface area contributed by atoms with Crippen LogP contribution in [0.1, 0.15) is 32.6 Å². The van der Waals surface area contributed by atoms with Crippen molar-refractivity contribution < 1.29 is 0 Å². The summed E-state index contributed by atoms with van der Waals surface area (Å²) in [5.41, 5.74) is -0.0193. The van der Waals surface area contributed by atoms with Crippen LogP contribution in [0.5, 0.6) is 0 Å². The summed E-state index contributed by atoms with van der Waals surface area (Å²) < 4.78 is 0. The Hall–Kier alpha value is -0.990. The fourth-order valence-electron chi connectivity index (χ4n) is 4.21. The molecule has 0 saturated carbocycles. The second-order valence-electron chi connectivity index (χ2n) is 9.55. The minimum absolute atomic E-state index is 0.193. The summed E-state index contributed by atoms with van der Waals surface area (Å²) in [4.78, 5) is 0. The van der Waals surface area contributed by atoms with Crippen LogP contribution in [0.25, 0.3) is 0 Å². The molecule has 3 fully saturated rings. The zero-order chi connectivity index (χ0) is 23.0. The first-order valence-corrected chi connectivity index (χ1v) is 12.7. The van der Waals surface area contributed by atoms with E-state index < -0.39 is 0 Å². The van der Waals surface area contributed by atoms with Crippen molar-refractivity contribution in [3.63, 3.8) is 0 Å². The standard InChI is InChI=1S/C23H46N8S/c1-3-4-5-6-7-8-30-21(32)31-23-18-27-12-9-24-15-22(2,16-25-10-13-28-19-23)17-26-11-14-29-20-23/h1,24-29H,4-20H2,2H3,(H2,30,31,32). The molecular formula is C23H46N8S. The van der Waals surface area contributed by atoms with E-state index in [2.05, 4.69) is 55.4 Å². The van der Waals surface area contributed by atoms with Gasteiger partial charge in [-0.1, -0.05) is 13.3 Å². The number of thiocarbonyl (C=S) groups is 1. The second-order valence-corrected chi connectivity index (χ2v) is 9.96. The average Bonchev–Trinajstić information content (AvgIpc) is 2.77. The Bertz CT molecular complexity index is 521. The molecule has 32 heavy (non-hydrogen) atoms. The molecule has 0 radical (unpaired) electrons. The molecule has 0 spiro atoms. The Morgan fingerprint density at radius 3 is 1.72 bits per heavy atom. The maximum absolute atomic E-state index is 5.68. The number of terminal acetylenes is 1. The molecule has 9 heteroatoms. The van der Waals surface area contributed by atoms with Crippen LogP contribution in [0.4, 0.5) is 0 Å². The van der Waals surface area contributed by atoms with Gasteiger partial charge in [0.05, 0.1) is 5.54 Å². The smallest absolute Gasteiger partial charge is 0.166 e. The average molecular weight is 467 g/mol. The number of fused-ring (bicyclic) bond motifs is 15. The molecule has 3 heterocycles. The van der Waals surface area contributed by atoms with E-state index in [1.54, 1.807) is 0 Å². The van der Waals surface area contributed by atoms with Gasteiger partial charge < -0.3 is 42.5 Å². The first kappa shape index (κ1) is 27.3. The highest BCUT2D eigenvalue weighted by atomic mass is 32.1. The van der Waals surface area contributed by atoms with Gasteiger partial charge in [0, 0.05) is 96.9 Å². The van der Waals surface area contributed by atoms with Gasteiger partial charge in [0.15, 0.2) is 5.11 Å². The predicted octanol–water partition coefficient (Wildman–Crippen LogP) is -1.05. The zero-order valence-electron chi connectivity index (χ0n) is 20.0. The third-order valence-electron chi connectivity index (χ3n) is 6.14. The minimum atomic E-state index is -0.212. The fourth-order valence-corrected chi connectivity index (χ4v) is 4.53. The van der Waals surface area contributed by atoms with E-state index >= 15 is 0 Å². The van der Waals surface area contributed by atoms with Crippen molar-refractivity contribution in [2.45, 2.75) is 38.1 Å². The number of hydrogen-bond acceptors (Lipinski definition) is 7. The van der Waals surface area contributed by atoms with Crippen LogP contribution < -0.4 is 42.5 Å². The lowest BCUT2D eigenvalue weighted by atomic mass is 9.90. The van der Waals surface area contributed by atoms with Gasteiger partial charge in [-0.15, -0.1) is 12.3 Å². The van der Waals surface area contributed by atoms with E-state index in [1.165, 1.54) is 0 Å². The van der Waals surface area contributed by atoms with Crippen molar-refractivity contribution in [2.75, 3.05) is 85.1 Å². The lowest BCUT2D eigenvalue weighted by Gasteiger charge is -2.38. The van der Waals surface area contributed by atoms with Crippen molar-refractivity contribution >= 4 is 17.3 Å². The van der Waals surface area contributed by atoms with Crippen LogP contribution in [0, 0.1) is 17.8 Å². The quantitative estimate of drug-likeness (QED) is 0.142. The van der Waals surface area contributed by atoms with Crippen LogP contribution in [0.2, 0.25) is 0 Å². The van der Waals surface area contributed by atoms with Crippen LogP contribution in [-0.4, -0.2) is 95.7 Å². The van der Waals surface area contributed by atoms with Gasteiger partial charge in [-0.2, -0.15) is 0 Å². The third-order valence-corrected chi connectivity index (χ3v) is 6.39. The molecule has 3 saturated heterocycles. The molecule has 0 aromatic heterocycles. The lowest BCUT2D eigenvalue weighted by molar-refractivity contribution is 0.260. The Labute approximate surface area is 201 Å². The first-order valence-electron chi connectivity index (χ1n) is 12.3. The molecule has 0 aromatic rings. The van der Waals surface area contributed by atoms with E-state index in [1.807, 2.05) is 0 Å². The molecule has 3 rings (SSSR count). The summed E-state index contributed by atoms with van der Waals surface area (Å²) >= 11 is 5.68. The van der Waals surface area contributed by atoms with Crippen molar-refractivity contribution in [1.29, 1.82) is 0 Å². The topological polar surface area (TPSA) is 96.2 Å². The third kappa shape index (κ3) is 11.2. The monoisotopic (exact) mass is 466 g/mol. The lowest BCUT2D eigenvalue weighted by Crippen LogP contribution is -2.67. The van der Waals surface area contributed by atoms with Gasteiger partial charge in [0.1, 0.15) is 0 Å².